The molecule has 8 heteroatoms. The van der Waals surface area contributed by atoms with E-state index in [1.54, 1.807) is 35.2 Å². The summed E-state index contributed by atoms with van der Waals surface area (Å²) in [7, 11) is -3.87. The zero-order chi connectivity index (χ0) is 22.9. The number of nitrogens with zero attached hydrogens (tertiary/aromatic N) is 2. The van der Waals surface area contributed by atoms with E-state index < -0.39 is 10.0 Å². The number of halogens is 2. The van der Waals surface area contributed by atoms with Crippen LogP contribution in [0.15, 0.2) is 86.6 Å². The van der Waals surface area contributed by atoms with E-state index in [0.29, 0.717) is 0 Å². The Hall–Kier alpha value is -2.00. The van der Waals surface area contributed by atoms with Crippen LogP contribution < -0.4 is 4.90 Å². The Morgan fingerprint density at radius 2 is 1.66 bits per heavy atom. The molecule has 1 aliphatic heterocycles. The second-order valence-corrected chi connectivity index (χ2v) is 11.6. The van der Waals surface area contributed by atoms with Gasteiger partial charge in [-0.1, -0.05) is 62.2 Å². The molecular weight excluding hydrogens is 556 g/mol. The van der Waals surface area contributed by atoms with Gasteiger partial charge >= 0.3 is 0 Å². The molecule has 1 amide bonds. The van der Waals surface area contributed by atoms with Crippen LogP contribution in [0, 0.1) is 0 Å². The molecule has 0 saturated heterocycles. The largest absolute Gasteiger partial charge is 0.308 e. The van der Waals surface area contributed by atoms with Crippen LogP contribution in [-0.2, 0) is 27.8 Å². The van der Waals surface area contributed by atoms with Gasteiger partial charge in [-0.2, -0.15) is 4.31 Å². The molecule has 32 heavy (non-hydrogen) atoms. The van der Waals surface area contributed by atoms with Crippen molar-refractivity contribution < 1.29 is 13.2 Å². The molecule has 0 saturated carbocycles. The van der Waals surface area contributed by atoms with E-state index in [2.05, 4.69) is 31.9 Å². The quantitative estimate of drug-likeness (QED) is 0.395. The average Bonchev–Trinajstić information content (AvgIpc) is 3.10. The Morgan fingerprint density at radius 3 is 2.34 bits per heavy atom. The minimum atomic E-state index is -3.87. The molecule has 0 N–H and O–H groups in total. The third-order valence-corrected chi connectivity index (χ3v) is 8.32. The van der Waals surface area contributed by atoms with Crippen LogP contribution in [0.1, 0.15) is 18.1 Å². The first-order valence-corrected chi connectivity index (χ1v) is 13.2. The first-order valence-electron chi connectivity index (χ1n) is 10.2. The van der Waals surface area contributed by atoms with Crippen LogP contribution in [-0.4, -0.2) is 31.2 Å². The van der Waals surface area contributed by atoms with Gasteiger partial charge in [-0.15, -0.1) is 0 Å². The van der Waals surface area contributed by atoms with E-state index in [-0.39, 0.29) is 29.9 Å². The summed E-state index contributed by atoms with van der Waals surface area (Å²) in [6, 6.07) is 21.5. The normalized spacial score (nSPS) is 15.8. The molecule has 3 aromatic carbocycles. The van der Waals surface area contributed by atoms with Crippen molar-refractivity contribution in [2.75, 3.05) is 11.4 Å². The Bertz CT molecular complexity index is 1230. The van der Waals surface area contributed by atoms with Crippen molar-refractivity contribution >= 4 is 53.5 Å². The summed E-state index contributed by atoms with van der Waals surface area (Å²) in [5, 5.41) is 0. The summed E-state index contributed by atoms with van der Waals surface area (Å²) in [5.74, 6) is -0.241. The number of amides is 1. The summed E-state index contributed by atoms with van der Waals surface area (Å²) >= 11 is 6.89. The lowest BCUT2D eigenvalue weighted by atomic mass is 10.1. The van der Waals surface area contributed by atoms with E-state index in [4.69, 9.17) is 0 Å². The van der Waals surface area contributed by atoms with Crippen LogP contribution in [0.2, 0.25) is 0 Å². The molecule has 5 nitrogen and oxygen atoms in total. The molecule has 0 aliphatic carbocycles. The van der Waals surface area contributed by atoms with E-state index in [0.717, 1.165) is 32.2 Å². The van der Waals surface area contributed by atoms with Gasteiger partial charge in [-0.25, -0.2) is 8.42 Å². The number of sulfonamides is 1. The number of hydrogen-bond donors (Lipinski definition) is 0. The number of benzene rings is 3. The van der Waals surface area contributed by atoms with Crippen molar-refractivity contribution in [2.24, 2.45) is 0 Å². The van der Waals surface area contributed by atoms with E-state index in [1.165, 1.54) is 4.31 Å². The monoisotopic (exact) mass is 576 g/mol. The first kappa shape index (κ1) is 23.2. The standard InChI is InChI=1S/C24H22Br2N2O3S/c1-17-13-19-14-21(26)11-12-23(19)28(17)24(29)16-27(15-18-7-9-20(25)10-8-18)32(30,31)22-5-3-2-4-6-22/h2-12,14,17H,13,15-16H2,1H3. The fourth-order valence-corrected chi connectivity index (χ4v) is 6.04. The number of fused-ring (bicyclic) bond motifs is 1. The molecule has 0 aromatic heterocycles. The van der Waals surface area contributed by atoms with Crippen molar-refractivity contribution in [2.45, 2.75) is 30.8 Å². The number of carbonyl (C=O) groups excluding carboxylic acids is 1. The molecule has 1 unspecified atom stereocenters. The van der Waals surface area contributed by atoms with Gasteiger partial charge in [0.25, 0.3) is 0 Å². The maximum absolute atomic E-state index is 13.5. The van der Waals surface area contributed by atoms with E-state index in [1.807, 2.05) is 49.4 Å². The molecule has 1 aliphatic rings. The van der Waals surface area contributed by atoms with Gasteiger partial charge in [0.05, 0.1) is 11.4 Å². The van der Waals surface area contributed by atoms with Crippen LogP contribution >= 0.6 is 31.9 Å². The highest BCUT2D eigenvalue weighted by molar-refractivity contribution is 9.10. The van der Waals surface area contributed by atoms with Gasteiger partial charge in [0.1, 0.15) is 0 Å². The zero-order valence-electron chi connectivity index (χ0n) is 17.4. The second kappa shape index (κ2) is 9.47. The molecule has 3 aromatic rings. The predicted octanol–water partition coefficient (Wildman–Crippen LogP) is 5.38. The minimum Gasteiger partial charge on any atom is -0.308 e. The van der Waals surface area contributed by atoms with Gasteiger partial charge in [-0.05, 0) is 66.9 Å². The highest BCUT2D eigenvalue weighted by Crippen LogP contribution is 2.34. The number of hydrogen-bond acceptors (Lipinski definition) is 3. The molecule has 1 heterocycles. The summed E-state index contributed by atoms with van der Waals surface area (Å²) in [4.78, 5) is 15.3. The summed E-state index contributed by atoms with van der Waals surface area (Å²) < 4.78 is 30.1. The minimum absolute atomic E-state index is 0.0410. The van der Waals surface area contributed by atoms with Crippen LogP contribution in [0.3, 0.4) is 0 Å². The van der Waals surface area contributed by atoms with Gasteiger partial charge in [-0.3, -0.25) is 4.79 Å². The number of rotatable bonds is 6. The molecule has 166 valence electrons. The van der Waals surface area contributed by atoms with Gasteiger partial charge in [0, 0.05) is 27.2 Å². The third-order valence-electron chi connectivity index (χ3n) is 5.49. The van der Waals surface area contributed by atoms with E-state index in [9.17, 15) is 13.2 Å². The summed E-state index contributed by atoms with van der Waals surface area (Å²) in [6.07, 6.45) is 0.735. The average molecular weight is 578 g/mol. The van der Waals surface area contributed by atoms with Gasteiger partial charge in [0.2, 0.25) is 15.9 Å². The molecule has 0 radical (unpaired) electrons. The van der Waals surface area contributed by atoms with Crippen LogP contribution in [0.5, 0.6) is 0 Å². The van der Waals surface area contributed by atoms with Crippen molar-refractivity contribution in [1.82, 2.24) is 4.31 Å². The van der Waals surface area contributed by atoms with Crippen LogP contribution in [0.25, 0.3) is 0 Å². The predicted molar refractivity (Wildman–Crippen MR) is 133 cm³/mol. The maximum Gasteiger partial charge on any atom is 0.243 e. The molecule has 0 spiro atoms. The Morgan fingerprint density at radius 1 is 1.00 bits per heavy atom. The maximum atomic E-state index is 13.5. The summed E-state index contributed by atoms with van der Waals surface area (Å²) in [6.45, 7) is 1.84. The third kappa shape index (κ3) is 4.83. The molecule has 1 atom stereocenters. The number of carbonyl (C=O) groups is 1. The lowest BCUT2D eigenvalue weighted by Gasteiger charge is -2.27. The number of anilines is 1. The van der Waals surface area contributed by atoms with Gasteiger partial charge < -0.3 is 4.90 Å². The van der Waals surface area contributed by atoms with Crippen molar-refractivity contribution in [1.29, 1.82) is 0 Å². The topological polar surface area (TPSA) is 57.7 Å². The van der Waals surface area contributed by atoms with Crippen LogP contribution in [0.4, 0.5) is 5.69 Å². The second-order valence-electron chi connectivity index (χ2n) is 7.80. The lowest BCUT2D eigenvalue weighted by molar-refractivity contribution is -0.119. The van der Waals surface area contributed by atoms with Crippen molar-refractivity contribution in [3.8, 4) is 0 Å². The smallest absolute Gasteiger partial charge is 0.243 e. The lowest BCUT2D eigenvalue weighted by Crippen LogP contribution is -2.44. The van der Waals surface area contributed by atoms with Gasteiger partial charge in [0.15, 0.2) is 0 Å². The highest BCUT2D eigenvalue weighted by Gasteiger charge is 2.34. The Kier molecular flexibility index (Phi) is 6.86. The Labute approximate surface area is 205 Å². The first-order chi connectivity index (χ1) is 15.3. The van der Waals surface area contributed by atoms with Crippen molar-refractivity contribution in [3.05, 3.63) is 92.9 Å². The molecular formula is C24H22Br2N2O3S. The zero-order valence-corrected chi connectivity index (χ0v) is 21.4. The highest BCUT2D eigenvalue weighted by atomic mass is 79.9. The molecule has 0 fully saturated rings. The fourth-order valence-electron chi connectivity index (χ4n) is 3.97. The Balaban J connectivity index is 1.66. The van der Waals surface area contributed by atoms with Crippen molar-refractivity contribution in [3.63, 3.8) is 0 Å². The SMILES string of the molecule is CC1Cc2cc(Br)ccc2N1C(=O)CN(Cc1ccc(Br)cc1)S(=O)(=O)c1ccccc1. The molecule has 0 bridgehead atoms. The fraction of sp³-hybridized carbons (Fsp3) is 0.208. The van der Waals surface area contributed by atoms with E-state index >= 15 is 0 Å². The molecule has 4 rings (SSSR count). The summed E-state index contributed by atoms with van der Waals surface area (Å²) in [5.41, 5.74) is 2.72.